The number of carbonyl (C=O) groups excluding carboxylic acids is 5. The van der Waals surface area contributed by atoms with Crippen LogP contribution in [-0.2, 0) is 38.2 Å². The maximum Gasteiger partial charge on any atom is 0.338 e. The van der Waals surface area contributed by atoms with Crippen molar-refractivity contribution in [2.45, 2.75) is 52.4 Å². The largest absolute Gasteiger partial charge is 0.458 e. The van der Waals surface area contributed by atoms with Crippen LogP contribution in [0.2, 0.25) is 0 Å². The summed E-state index contributed by atoms with van der Waals surface area (Å²) >= 11 is 0. The SMILES string of the molecule is C=CCN(CC=C)CC1=C2C(=O)C(=O)C3=C(C(OC(C)=O)CC4(C)C(=O)CCC34)C2(C)C(OC)OC1=O. The first kappa shape index (κ1) is 26.9. The first-order chi connectivity index (χ1) is 17.4. The van der Waals surface area contributed by atoms with Gasteiger partial charge in [-0.05, 0) is 18.9 Å². The number of carbonyl (C=O) groups is 5. The standard InChI is InChI=1S/C28H33NO8/c1-7-11-29(12-8-2)14-16-21-24(33)23(32)20-17-9-10-19(31)27(17,4)13-18(36-15(3)30)22(20)28(21,5)26(35-6)37-25(16)34/h7-8,17-18,26H,1-2,9-14H2,3-6H3. The van der Waals surface area contributed by atoms with Gasteiger partial charge in [0.25, 0.3) is 0 Å². The van der Waals surface area contributed by atoms with Crippen molar-refractivity contribution >= 4 is 29.3 Å². The molecule has 5 atom stereocenters. The van der Waals surface area contributed by atoms with E-state index in [9.17, 15) is 24.0 Å². The lowest BCUT2D eigenvalue weighted by Crippen LogP contribution is -2.58. The van der Waals surface area contributed by atoms with Gasteiger partial charge in [-0.3, -0.25) is 24.1 Å². The summed E-state index contributed by atoms with van der Waals surface area (Å²) in [6.07, 6.45) is 1.93. The molecule has 1 aliphatic heterocycles. The summed E-state index contributed by atoms with van der Waals surface area (Å²) in [7, 11) is 1.35. The third-order valence-corrected chi connectivity index (χ3v) is 8.31. The predicted molar refractivity (Wildman–Crippen MR) is 132 cm³/mol. The number of allylic oxidation sites excluding steroid dienone is 1. The topological polar surface area (TPSA) is 116 Å². The van der Waals surface area contributed by atoms with Crippen molar-refractivity contribution in [3.05, 3.63) is 47.6 Å². The van der Waals surface area contributed by atoms with Crippen LogP contribution in [-0.4, -0.2) is 73.3 Å². The summed E-state index contributed by atoms with van der Waals surface area (Å²) in [5, 5.41) is 0. The molecule has 0 bridgehead atoms. The smallest absolute Gasteiger partial charge is 0.338 e. The molecule has 5 unspecified atom stereocenters. The minimum atomic E-state index is -1.40. The van der Waals surface area contributed by atoms with Crippen molar-refractivity contribution in [2.24, 2.45) is 16.7 Å². The first-order valence-corrected chi connectivity index (χ1v) is 12.4. The van der Waals surface area contributed by atoms with E-state index >= 15 is 0 Å². The first-order valence-electron chi connectivity index (χ1n) is 12.4. The zero-order valence-corrected chi connectivity index (χ0v) is 21.8. The van der Waals surface area contributed by atoms with Crippen LogP contribution in [0, 0.1) is 16.7 Å². The Kier molecular flexibility index (Phi) is 6.98. The van der Waals surface area contributed by atoms with Crippen LogP contribution in [0.25, 0.3) is 0 Å². The van der Waals surface area contributed by atoms with E-state index in [-0.39, 0.29) is 41.9 Å². The molecule has 198 valence electrons. The van der Waals surface area contributed by atoms with Gasteiger partial charge in [0, 0.05) is 69.0 Å². The number of esters is 2. The average molecular weight is 512 g/mol. The van der Waals surface area contributed by atoms with E-state index in [4.69, 9.17) is 14.2 Å². The van der Waals surface area contributed by atoms with E-state index in [1.807, 2.05) is 4.90 Å². The van der Waals surface area contributed by atoms with Crippen molar-refractivity contribution in [3.63, 3.8) is 0 Å². The Morgan fingerprint density at radius 3 is 2.35 bits per heavy atom. The minimum Gasteiger partial charge on any atom is -0.458 e. The zero-order chi connectivity index (χ0) is 27.3. The molecule has 0 aromatic heterocycles. The number of fused-ring (bicyclic) bond motifs is 4. The summed E-state index contributed by atoms with van der Waals surface area (Å²) < 4.78 is 17.0. The Balaban J connectivity index is 2.02. The van der Waals surface area contributed by atoms with E-state index in [2.05, 4.69) is 13.2 Å². The summed E-state index contributed by atoms with van der Waals surface area (Å²) in [6, 6.07) is 0. The number of cyclic esters (lactones) is 1. The Bertz CT molecular complexity index is 1170. The lowest BCUT2D eigenvalue weighted by Gasteiger charge is -2.52. The molecule has 1 fully saturated rings. The van der Waals surface area contributed by atoms with Gasteiger partial charge in [0.2, 0.25) is 17.9 Å². The van der Waals surface area contributed by atoms with Crippen LogP contribution in [0.5, 0.6) is 0 Å². The van der Waals surface area contributed by atoms with Gasteiger partial charge in [0.15, 0.2) is 0 Å². The number of hydrogen-bond donors (Lipinski definition) is 0. The van der Waals surface area contributed by atoms with Crippen molar-refractivity contribution in [2.75, 3.05) is 26.7 Å². The minimum absolute atomic E-state index is 0.0115. The molecule has 0 amide bonds. The van der Waals surface area contributed by atoms with E-state index in [0.29, 0.717) is 25.1 Å². The number of ether oxygens (including phenoxy) is 3. The van der Waals surface area contributed by atoms with Crippen molar-refractivity contribution in [1.29, 1.82) is 0 Å². The van der Waals surface area contributed by atoms with E-state index in [0.717, 1.165) is 0 Å². The van der Waals surface area contributed by atoms with Gasteiger partial charge >= 0.3 is 11.9 Å². The fourth-order valence-corrected chi connectivity index (χ4v) is 6.75. The Labute approximate surface area is 216 Å². The molecule has 3 aliphatic carbocycles. The van der Waals surface area contributed by atoms with Gasteiger partial charge in [-0.2, -0.15) is 0 Å². The van der Waals surface area contributed by atoms with Crippen LogP contribution in [0.3, 0.4) is 0 Å². The van der Waals surface area contributed by atoms with Gasteiger partial charge in [-0.15, -0.1) is 13.2 Å². The summed E-state index contributed by atoms with van der Waals surface area (Å²) in [6.45, 7) is 13.0. The molecule has 9 nitrogen and oxygen atoms in total. The Hall–Kier alpha value is -3.17. The second-order valence-corrected chi connectivity index (χ2v) is 10.5. The lowest BCUT2D eigenvalue weighted by molar-refractivity contribution is -0.196. The van der Waals surface area contributed by atoms with Gasteiger partial charge in [0.05, 0.1) is 11.0 Å². The molecular weight excluding hydrogens is 478 g/mol. The Morgan fingerprint density at radius 1 is 1.14 bits per heavy atom. The second kappa shape index (κ2) is 9.61. The van der Waals surface area contributed by atoms with Crippen molar-refractivity contribution < 1.29 is 38.2 Å². The van der Waals surface area contributed by atoms with Crippen LogP contribution in [0.15, 0.2) is 47.6 Å². The normalized spacial score (nSPS) is 33.2. The molecule has 4 aliphatic rings. The zero-order valence-electron chi connectivity index (χ0n) is 21.8. The number of rotatable bonds is 8. The fourth-order valence-electron chi connectivity index (χ4n) is 6.75. The summed E-state index contributed by atoms with van der Waals surface area (Å²) in [5.41, 5.74) is -1.75. The second-order valence-electron chi connectivity index (χ2n) is 10.5. The van der Waals surface area contributed by atoms with E-state index in [1.54, 1.807) is 26.0 Å². The Morgan fingerprint density at radius 2 is 1.78 bits per heavy atom. The highest BCUT2D eigenvalue weighted by atomic mass is 16.7. The van der Waals surface area contributed by atoms with Crippen LogP contribution >= 0.6 is 0 Å². The molecule has 0 radical (unpaired) electrons. The number of ketones is 3. The molecule has 0 aromatic rings. The van der Waals surface area contributed by atoms with Gasteiger partial charge in [-0.1, -0.05) is 19.1 Å². The molecular formula is C28H33NO8. The monoisotopic (exact) mass is 511 g/mol. The molecule has 0 saturated heterocycles. The molecule has 4 rings (SSSR count). The van der Waals surface area contributed by atoms with Crippen molar-refractivity contribution in [3.8, 4) is 0 Å². The van der Waals surface area contributed by atoms with E-state index in [1.165, 1.54) is 14.0 Å². The number of Topliss-reactive ketones (excluding diaryl/α,β-unsaturated/α-hetero) is 3. The maximum atomic E-state index is 13.9. The predicted octanol–water partition coefficient (Wildman–Crippen LogP) is 2.26. The number of nitrogens with zero attached hydrogens (tertiary/aromatic N) is 1. The molecule has 1 saturated carbocycles. The van der Waals surface area contributed by atoms with E-state index < -0.39 is 52.6 Å². The summed E-state index contributed by atoms with van der Waals surface area (Å²) in [5.74, 6) is -3.48. The number of methoxy groups -OCH3 is 1. The summed E-state index contributed by atoms with van der Waals surface area (Å²) in [4.78, 5) is 67.9. The lowest BCUT2D eigenvalue weighted by atomic mass is 9.53. The molecule has 0 aromatic carbocycles. The third-order valence-electron chi connectivity index (χ3n) is 8.31. The van der Waals surface area contributed by atoms with Gasteiger partial charge < -0.3 is 14.2 Å². The molecule has 1 heterocycles. The molecule has 0 spiro atoms. The van der Waals surface area contributed by atoms with Gasteiger partial charge in [-0.25, -0.2) is 4.79 Å². The quantitative estimate of drug-likeness (QED) is 0.275. The van der Waals surface area contributed by atoms with Crippen LogP contribution in [0.4, 0.5) is 0 Å². The van der Waals surface area contributed by atoms with Crippen LogP contribution in [0.1, 0.15) is 40.0 Å². The number of hydrogen-bond acceptors (Lipinski definition) is 9. The van der Waals surface area contributed by atoms with Gasteiger partial charge in [0.1, 0.15) is 11.9 Å². The highest BCUT2D eigenvalue weighted by molar-refractivity contribution is 6.51. The average Bonchev–Trinajstić information content (AvgIpc) is 3.12. The molecule has 0 N–H and O–H groups in total. The van der Waals surface area contributed by atoms with Crippen LogP contribution < -0.4 is 0 Å². The molecule has 37 heavy (non-hydrogen) atoms. The third kappa shape index (κ3) is 3.95. The maximum absolute atomic E-state index is 13.9. The highest BCUT2D eigenvalue weighted by Crippen LogP contribution is 2.61. The highest BCUT2D eigenvalue weighted by Gasteiger charge is 2.65. The molecule has 9 heteroatoms. The fraction of sp³-hybridized carbons (Fsp3) is 0.536. The van der Waals surface area contributed by atoms with Crippen molar-refractivity contribution in [1.82, 2.24) is 4.90 Å².